The second-order valence-corrected chi connectivity index (χ2v) is 4.84. The molecule has 0 bridgehead atoms. The molecule has 1 saturated carbocycles. The van der Waals surface area contributed by atoms with Crippen molar-refractivity contribution in [2.75, 3.05) is 6.61 Å². The van der Waals surface area contributed by atoms with Gasteiger partial charge in [0, 0.05) is 18.2 Å². The third-order valence-corrected chi connectivity index (χ3v) is 2.95. The van der Waals surface area contributed by atoms with Gasteiger partial charge in [-0.25, -0.2) is 4.98 Å². The predicted octanol–water partition coefficient (Wildman–Crippen LogP) is 2.61. The van der Waals surface area contributed by atoms with Crippen molar-refractivity contribution in [1.82, 2.24) is 10.3 Å². The maximum Gasteiger partial charge on any atom is 0.422 e. The highest BCUT2D eigenvalue weighted by molar-refractivity contribution is 5.81. The Bertz CT molecular complexity index is 469. The van der Waals surface area contributed by atoms with Gasteiger partial charge in [-0.2, -0.15) is 13.2 Å². The van der Waals surface area contributed by atoms with Gasteiger partial charge in [-0.05, 0) is 25.3 Å². The molecule has 0 saturated heterocycles. The fraction of sp³-hybridized carbons (Fsp3) is 0.538. The summed E-state index contributed by atoms with van der Waals surface area (Å²) in [6.45, 7) is 0.431. The van der Waals surface area contributed by atoms with Gasteiger partial charge in [0.05, 0.1) is 6.04 Å². The quantitative estimate of drug-likeness (QED) is 0.906. The smallest absolute Gasteiger partial charge is 0.422 e. The Balaban J connectivity index is 1.88. The van der Waals surface area contributed by atoms with Crippen LogP contribution in [0.4, 0.5) is 13.2 Å². The van der Waals surface area contributed by atoms with Crippen LogP contribution in [-0.4, -0.2) is 23.7 Å². The van der Waals surface area contributed by atoms with Crippen LogP contribution in [0, 0.1) is 5.92 Å². The zero-order valence-corrected chi connectivity index (χ0v) is 10.9. The molecule has 0 aliphatic heterocycles. The normalized spacial score (nSPS) is 16.6. The highest BCUT2D eigenvalue weighted by atomic mass is 19.4. The summed E-state index contributed by atoms with van der Waals surface area (Å²) in [7, 11) is 0. The Hall–Kier alpha value is -1.79. The summed E-state index contributed by atoms with van der Waals surface area (Å²) in [5.74, 6) is 0.0292. The van der Waals surface area contributed by atoms with Crippen molar-refractivity contribution in [3.8, 4) is 5.88 Å². The molecule has 0 spiro atoms. The van der Waals surface area contributed by atoms with Crippen LogP contribution >= 0.6 is 0 Å². The first kappa shape index (κ1) is 14.6. The topological polar surface area (TPSA) is 51.2 Å². The average molecular weight is 288 g/mol. The molecule has 0 unspecified atom stereocenters. The van der Waals surface area contributed by atoms with E-state index in [1.807, 2.05) is 0 Å². The van der Waals surface area contributed by atoms with E-state index in [1.54, 1.807) is 13.0 Å². The third-order valence-electron chi connectivity index (χ3n) is 2.95. The molecule has 110 valence electrons. The highest BCUT2D eigenvalue weighted by Crippen LogP contribution is 2.29. The molecular weight excluding hydrogens is 273 g/mol. The highest BCUT2D eigenvalue weighted by Gasteiger charge is 2.30. The SMILES string of the molecule is C[C@@H](NC(=O)C1CC1)c1ccc(OCC(F)(F)F)nc1. The summed E-state index contributed by atoms with van der Waals surface area (Å²) in [4.78, 5) is 15.4. The second-order valence-electron chi connectivity index (χ2n) is 4.84. The van der Waals surface area contributed by atoms with E-state index in [0.29, 0.717) is 0 Å². The van der Waals surface area contributed by atoms with E-state index in [9.17, 15) is 18.0 Å². The molecule has 1 aliphatic carbocycles. The Kier molecular flexibility index (Phi) is 4.15. The molecule has 1 heterocycles. The summed E-state index contributed by atoms with van der Waals surface area (Å²) < 4.78 is 40.4. The van der Waals surface area contributed by atoms with Gasteiger partial charge < -0.3 is 10.1 Å². The molecular formula is C13H15F3N2O2. The standard InChI is InChI=1S/C13H15F3N2O2/c1-8(18-12(19)9-2-3-9)10-4-5-11(17-6-10)20-7-13(14,15)16/h4-6,8-9H,2-3,7H2,1H3,(H,18,19)/t8-/m1/s1. The molecule has 2 rings (SSSR count). The maximum atomic E-state index is 12.0. The number of amides is 1. The maximum absolute atomic E-state index is 12.0. The van der Waals surface area contributed by atoms with Crippen molar-refractivity contribution < 1.29 is 22.7 Å². The van der Waals surface area contributed by atoms with E-state index in [2.05, 4.69) is 15.0 Å². The molecule has 1 fully saturated rings. The fourth-order valence-corrected chi connectivity index (χ4v) is 1.65. The predicted molar refractivity (Wildman–Crippen MR) is 65.1 cm³/mol. The molecule has 1 atom stereocenters. The lowest BCUT2D eigenvalue weighted by Crippen LogP contribution is -2.27. The number of nitrogens with one attached hydrogen (secondary N) is 1. The zero-order chi connectivity index (χ0) is 14.8. The first-order valence-corrected chi connectivity index (χ1v) is 6.31. The van der Waals surface area contributed by atoms with Gasteiger partial charge in [0.15, 0.2) is 6.61 Å². The van der Waals surface area contributed by atoms with E-state index < -0.39 is 12.8 Å². The van der Waals surface area contributed by atoms with Gasteiger partial charge >= 0.3 is 6.18 Å². The Labute approximate surface area is 114 Å². The van der Waals surface area contributed by atoms with Crippen LogP contribution in [0.5, 0.6) is 5.88 Å². The number of hydrogen-bond acceptors (Lipinski definition) is 3. The van der Waals surface area contributed by atoms with E-state index in [4.69, 9.17) is 0 Å². The van der Waals surface area contributed by atoms with Crippen LogP contribution in [-0.2, 0) is 4.79 Å². The minimum absolute atomic E-state index is 0.00916. The lowest BCUT2D eigenvalue weighted by Gasteiger charge is -2.14. The van der Waals surface area contributed by atoms with Crippen LogP contribution in [0.15, 0.2) is 18.3 Å². The minimum atomic E-state index is -4.38. The Morgan fingerprint density at radius 2 is 2.20 bits per heavy atom. The van der Waals surface area contributed by atoms with Crippen molar-refractivity contribution >= 4 is 5.91 Å². The zero-order valence-electron chi connectivity index (χ0n) is 10.9. The molecule has 7 heteroatoms. The minimum Gasteiger partial charge on any atom is -0.468 e. The molecule has 1 aliphatic rings. The average Bonchev–Trinajstić information content (AvgIpc) is 3.20. The Morgan fingerprint density at radius 3 is 2.70 bits per heavy atom. The van der Waals surface area contributed by atoms with Gasteiger partial charge in [-0.3, -0.25) is 4.79 Å². The summed E-state index contributed by atoms with van der Waals surface area (Å²) >= 11 is 0. The third kappa shape index (κ3) is 4.40. The number of rotatable bonds is 5. The molecule has 20 heavy (non-hydrogen) atoms. The van der Waals surface area contributed by atoms with Crippen LogP contribution in [0.3, 0.4) is 0 Å². The molecule has 0 aromatic carbocycles. The summed E-state index contributed by atoms with van der Waals surface area (Å²) in [5, 5.41) is 2.83. The largest absolute Gasteiger partial charge is 0.468 e. The second kappa shape index (κ2) is 5.68. The van der Waals surface area contributed by atoms with Gasteiger partial charge in [0.2, 0.25) is 11.8 Å². The van der Waals surface area contributed by atoms with Crippen molar-refractivity contribution in [1.29, 1.82) is 0 Å². The van der Waals surface area contributed by atoms with Crippen LogP contribution in [0.1, 0.15) is 31.4 Å². The summed E-state index contributed by atoms with van der Waals surface area (Å²) in [5.41, 5.74) is 0.721. The Morgan fingerprint density at radius 1 is 1.50 bits per heavy atom. The first-order valence-electron chi connectivity index (χ1n) is 6.31. The first-order chi connectivity index (χ1) is 9.35. The summed E-state index contributed by atoms with van der Waals surface area (Å²) in [6, 6.07) is 2.73. The van der Waals surface area contributed by atoms with Crippen molar-refractivity contribution in [3.05, 3.63) is 23.9 Å². The van der Waals surface area contributed by atoms with Crippen molar-refractivity contribution in [2.45, 2.75) is 32.0 Å². The monoisotopic (exact) mass is 288 g/mol. The van der Waals surface area contributed by atoms with E-state index in [0.717, 1.165) is 18.4 Å². The van der Waals surface area contributed by atoms with Crippen LogP contribution < -0.4 is 10.1 Å². The molecule has 4 nitrogen and oxygen atoms in total. The number of halogens is 3. The molecule has 0 radical (unpaired) electrons. The van der Waals surface area contributed by atoms with Gasteiger partial charge in [-0.15, -0.1) is 0 Å². The number of aromatic nitrogens is 1. The number of pyridine rings is 1. The van der Waals surface area contributed by atoms with Gasteiger partial charge in [0.1, 0.15) is 0 Å². The molecule has 1 amide bonds. The number of carbonyl (C=O) groups is 1. The lowest BCUT2D eigenvalue weighted by atomic mass is 10.1. The molecule has 1 aromatic rings. The lowest BCUT2D eigenvalue weighted by molar-refractivity contribution is -0.154. The van der Waals surface area contributed by atoms with Crippen LogP contribution in [0.2, 0.25) is 0 Å². The van der Waals surface area contributed by atoms with Crippen molar-refractivity contribution in [3.63, 3.8) is 0 Å². The van der Waals surface area contributed by atoms with Gasteiger partial charge in [-0.1, -0.05) is 6.07 Å². The number of carbonyl (C=O) groups excluding carboxylic acids is 1. The van der Waals surface area contributed by atoms with Gasteiger partial charge in [0.25, 0.3) is 0 Å². The van der Waals surface area contributed by atoms with E-state index in [-0.39, 0.29) is 23.7 Å². The number of hydrogen-bond donors (Lipinski definition) is 1. The van der Waals surface area contributed by atoms with Crippen LogP contribution in [0.25, 0.3) is 0 Å². The number of alkyl halides is 3. The fourth-order valence-electron chi connectivity index (χ4n) is 1.65. The number of nitrogens with zero attached hydrogens (tertiary/aromatic N) is 1. The van der Waals surface area contributed by atoms with Crippen molar-refractivity contribution in [2.24, 2.45) is 5.92 Å². The molecule has 1 aromatic heterocycles. The number of ether oxygens (including phenoxy) is 1. The molecule has 1 N–H and O–H groups in total. The summed E-state index contributed by atoms with van der Waals surface area (Å²) in [6.07, 6.45) is -1.14. The van der Waals surface area contributed by atoms with E-state index >= 15 is 0 Å². The van der Waals surface area contributed by atoms with E-state index in [1.165, 1.54) is 12.3 Å².